The van der Waals surface area contributed by atoms with Gasteiger partial charge in [-0.1, -0.05) is 0 Å². The molecule has 0 unspecified atom stereocenters. The summed E-state index contributed by atoms with van der Waals surface area (Å²) in [6.45, 7) is 2.41. The van der Waals surface area contributed by atoms with E-state index in [1.54, 1.807) is 6.92 Å². The van der Waals surface area contributed by atoms with Gasteiger partial charge in [0.1, 0.15) is 5.01 Å². The molecule has 0 spiro atoms. The molecule has 0 aliphatic carbocycles. The van der Waals surface area contributed by atoms with E-state index in [2.05, 4.69) is 4.98 Å². The zero-order valence-electron chi connectivity index (χ0n) is 12.5. The number of hydrogen-bond acceptors (Lipinski definition) is 8. The fourth-order valence-electron chi connectivity index (χ4n) is 2.00. The molecule has 1 amide bonds. The fraction of sp³-hybridized carbons (Fsp3) is 0.500. The van der Waals surface area contributed by atoms with Gasteiger partial charge >= 0.3 is 12.1 Å². The molecule has 0 N–H and O–H groups in total. The molecule has 1 aromatic heterocycles. The average molecular weight is 337 g/mol. The van der Waals surface area contributed by atoms with Crippen LogP contribution in [0.3, 0.4) is 0 Å². The predicted octanol–water partition coefficient (Wildman–Crippen LogP) is 1.34. The highest BCUT2D eigenvalue weighted by Crippen LogP contribution is 2.22. The van der Waals surface area contributed by atoms with Crippen molar-refractivity contribution in [2.75, 3.05) is 26.3 Å². The Kier molecular flexibility index (Phi) is 5.65. The number of aromatic nitrogens is 1. The van der Waals surface area contributed by atoms with Crippen LogP contribution in [0.25, 0.3) is 0 Å². The van der Waals surface area contributed by atoms with Crippen molar-refractivity contribution in [2.45, 2.75) is 19.3 Å². The molecule has 1 atom stereocenters. The maximum absolute atomic E-state index is 12.3. The zero-order chi connectivity index (χ0) is 16.8. The van der Waals surface area contributed by atoms with E-state index in [1.807, 2.05) is 6.07 Å². The summed E-state index contributed by atoms with van der Waals surface area (Å²) in [6.07, 6.45) is 0.0770. The molecule has 1 aliphatic heterocycles. The normalized spacial score (nSPS) is 15.5. The number of thiazole rings is 1. The number of amides is 1. The minimum atomic E-state index is -1.13. The Bertz CT molecular complexity index is 651. The van der Waals surface area contributed by atoms with Crippen molar-refractivity contribution in [3.05, 3.63) is 16.1 Å². The number of nitrogens with zero attached hydrogens (tertiary/aromatic N) is 3. The van der Waals surface area contributed by atoms with Crippen LogP contribution in [0, 0.1) is 11.3 Å². The Balaban J connectivity index is 2.07. The van der Waals surface area contributed by atoms with Crippen molar-refractivity contribution in [3.8, 4) is 6.07 Å². The highest BCUT2D eigenvalue weighted by Gasteiger charge is 2.29. The maximum Gasteiger partial charge on any atom is 0.410 e. The molecule has 0 aromatic carbocycles. The largest absolute Gasteiger partial charge is 0.461 e. The molecule has 2 heterocycles. The fourth-order valence-corrected chi connectivity index (χ4v) is 2.86. The third-order valence-corrected chi connectivity index (χ3v) is 4.02. The zero-order valence-corrected chi connectivity index (χ0v) is 13.3. The summed E-state index contributed by atoms with van der Waals surface area (Å²) >= 11 is 1.04. The van der Waals surface area contributed by atoms with Crippen molar-refractivity contribution >= 4 is 29.2 Å². The van der Waals surface area contributed by atoms with E-state index in [1.165, 1.54) is 10.3 Å². The molecule has 0 saturated carbocycles. The van der Waals surface area contributed by atoms with Crippen molar-refractivity contribution in [1.82, 2.24) is 9.88 Å². The van der Waals surface area contributed by atoms with E-state index in [4.69, 9.17) is 9.47 Å². The molecule has 0 bridgehead atoms. The van der Waals surface area contributed by atoms with Gasteiger partial charge in [0.2, 0.25) is 0 Å². The number of cyclic esters (lactones) is 1. The van der Waals surface area contributed by atoms with Gasteiger partial charge in [0.05, 0.1) is 25.8 Å². The topological polar surface area (TPSA) is 110 Å². The third kappa shape index (κ3) is 4.04. The van der Waals surface area contributed by atoms with Crippen LogP contribution in [-0.4, -0.2) is 54.0 Å². The van der Waals surface area contributed by atoms with E-state index in [0.29, 0.717) is 19.6 Å². The SMILES string of the molecule is CCOC(=O)c1csc([C@H](C#N)C(=O)CN2CCCOC2=O)n1. The highest BCUT2D eigenvalue weighted by atomic mass is 32.1. The van der Waals surface area contributed by atoms with E-state index in [9.17, 15) is 19.6 Å². The molecule has 2 rings (SSSR count). The molecular weight excluding hydrogens is 322 g/mol. The molecule has 9 heteroatoms. The van der Waals surface area contributed by atoms with Gasteiger partial charge in [0.25, 0.3) is 0 Å². The second kappa shape index (κ2) is 7.69. The molecule has 122 valence electrons. The van der Waals surface area contributed by atoms with Crippen LogP contribution in [-0.2, 0) is 14.3 Å². The van der Waals surface area contributed by atoms with Crippen LogP contribution in [0.15, 0.2) is 5.38 Å². The number of ketones is 1. The minimum absolute atomic E-state index is 0.0669. The first-order valence-electron chi connectivity index (χ1n) is 7.03. The summed E-state index contributed by atoms with van der Waals surface area (Å²) < 4.78 is 9.67. The Hall–Kier alpha value is -2.47. The van der Waals surface area contributed by atoms with Gasteiger partial charge in [0, 0.05) is 11.9 Å². The molecule has 23 heavy (non-hydrogen) atoms. The van der Waals surface area contributed by atoms with E-state index < -0.39 is 23.8 Å². The second-order valence-electron chi connectivity index (χ2n) is 4.71. The van der Waals surface area contributed by atoms with Crippen LogP contribution in [0.2, 0.25) is 0 Å². The van der Waals surface area contributed by atoms with Gasteiger partial charge in [-0.25, -0.2) is 14.6 Å². The van der Waals surface area contributed by atoms with Crippen molar-refractivity contribution < 1.29 is 23.9 Å². The van der Waals surface area contributed by atoms with Crippen LogP contribution >= 0.6 is 11.3 Å². The lowest BCUT2D eigenvalue weighted by Crippen LogP contribution is -2.41. The number of carbonyl (C=O) groups is 3. The smallest absolute Gasteiger partial charge is 0.410 e. The van der Waals surface area contributed by atoms with Crippen LogP contribution in [0.1, 0.15) is 34.8 Å². The molecule has 1 aromatic rings. The molecule has 0 radical (unpaired) electrons. The summed E-state index contributed by atoms with van der Waals surface area (Å²) in [7, 11) is 0. The van der Waals surface area contributed by atoms with Crippen molar-refractivity contribution in [2.24, 2.45) is 0 Å². The number of ether oxygens (including phenoxy) is 2. The summed E-state index contributed by atoms with van der Waals surface area (Å²) in [5.41, 5.74) is 0.0669. The number of Topliss-reactive ketones (excluding diaryl/α,β-unsaturated/α-hetero) is 1. The molecular formula is C14H15N3O5S. The van der Waals surface area contributed by atoms with E-state index >= 15 is 0 Å². The lowest BCUT2D eigenvalue weighted by atomic mass is 10.1. The average Bonchev–Trinajstić information content (AvgIpc) is 3.00. The number of esters is 1. The standard InChI is InChI=1S/C14H15N3O5S/c1-2-21-13(19)10-8-23-12(16-10)9(6-15)11(18)7-17-4-3-5-22-14(17)20/h8-9H,2-5,7H2,1H3/t9-/m1/s1. The Morgan fingerprint density at radius 2 is 2.39 bits per heavy atom. The number of rotatable bonds is 6. The predicted molar refractivity (Wildman–Crippen MR) is 79.0 cm³/mol. The van der Waals surface area contributed by atoms with Crippen LogP contribution in [0.4, 0.5) is 4.79 Å². The number of carbonyl (C=O) groups excluding carboxylic acids is 3. The van der Waals surface area contributed by atoms with Gasteiger partial charge in [-0.3, -0.25) is 4.79 Å². The number of nitriles is 1. The van der Waals surface area contributed by atoms with E-state index in [-0.39, 0.29) is 23.9 Å². The molecule has 1 saturated heterocycles. The van der Waals surface area contributed by atoms with Gasteiger partial charge in [-0.15, -0.1) is 11.3 Å². The van der Waals surface area contributed by atoms with Gasteiger partial charge < -0.3 is 14.4 Å². The van der Waals surface area contributed by atoms with E-state index in [0.717, 1.165) is 11.3 Å². The first-order chi connectivity index (χ1) is 11.1. The van der Waals surface area contributed by atoms with Crippen LogP contribution in [0.5, 0.6) is 0 Å². The lowest BCUT2D eigenvalue weighted by molar-refractivity contribution is -0.120. The highest BCUT2D eigenvalue weighted by molar-refractivity contribution is 7.10. The van der Waals surface area contributed by atoms with Gasteiger partial charge in [0.15, 0.2) is 17.4 Å². The van der Waals surface area contributed by atoms with Crippen LogP contribution < -0.4 is 0 Å². The third-order valence-electron chi connectivity index (χ3n) is 3.11. The summed E-state index contributed by atoms with van der Waals surface area (Å²) in [4.78, 5) is 40.7. The maximum atomic E-state index is 12.3. The lowest BCUT2D eigenvalue weighted by Gasteiger charge is -2.25. The Morgan fingerprint density at radius 3 is 3.04 bits per heavy atom. The van der Waals surface area contributed by atoms with Gasteiger partial charge in [-0.05, 0) is 13.3 Å². The Morgan fingerprint density at radius 1 is 1.61 bits per heavy atom. The monoisotopic (exact) mass is 337 g/mol. The molecule has 8 nitrogen and oxygen atoms in total. The first kappa shape index (κ1) is 16.9. The number of hydrogen-bond donors (Lipinski definition) is 0. The first-order valence-corrected chi connectivity index (χ1v) is 7.91. The summed E-state index contributed by atoms with van der Waals surface area (Å²) in [6, 6.07) is 1.87. The van der Waals surface area contributed by atoms with Gasteiger partial charge in [-0.2, -0.15) is 5.26 Å². The summed E-state index contributed by atoms with van der Waals surface area (Å²) in [5, 5.41) is 10.9. The molecule has 1 fully saturated rings. The Labute approximate surface area is 136 Å². The second-order valence-corrected chi connectivity index (χ2v) is 5.60. The summed E-state index contributed by atoms with van der Waals surface area (Å²) in [5.74, 6) is -2.19. The molecule has 1 aliphatic rings. The minimum Gasteiger partial charge on any atom is -0.461 e. The van der Waals surface area contributed by atoms with Crippen molar-refractivity contribution in [3.63, 3.8) is 0 Å². The van der Waals surface area contributed by atoms with Crippen molar-refractivity contribution in [1.29, 1.82) is 5.26 Å². The quantitative estimate of drug-likeness (QED) is 0.720.